The maximum Gasteiger partial charge on any atom is 0.272 e. The number of pyridine rings is 2. The Labute approximate surface area is 105 Å². The number of hydrogen-bond donors (Lipinski definition) is 1. The van der Waals surface area contributed by atoms with Crippen LogP contribution in [0.25, 0.3) is 0 Å². The van der Waals surface area contributed by atoms with E-state index in [4.69, 9.17) is 0 Å². The van der Waals surface area contributed by atoms with Crippen LogP contribution in [0.5, 0.6) is 0 Å². The van der Waals surface area contributed by atoms with Gasteiger partial charge in [0.2, 0.25) is 0 Å². The van der Waals surface area contributed by atoms with Crippen LogP contribution in [0.15, 0.2) is 54.2 Å². The molecule has 1 amide bonds. The van der Waals surface area contributed by atoms with Gasteiger partial charge in [-0.15, -0.1) is 0 Å². The van der Waals surface area contributed by atoms with E-state index in [0.29, 0.717) is 11.3 Å². The van der Waals surface area contributed by atoms with E-state index in [1.165, 1.54) is 6.20 Å². The lowest BCUT2D eigenvalue weighted by molar-refractivity contribution is 0.0954. The molecule has 90 valence electrons. The third kappa shape index (κ3) is 2.98. The summed E-state index contributed by atoms with van der Waals surface area (Å²) >= 11 is 0. The molecule has 2 aromatic heterocycles. The summed E-state index contributed by atoms with van der Waals surface area (Å²) in [5.41, 5.74) is 4.51. The van der Waals surface area contributed by atoms with Crippen molar-refractivity contribution in [3.8, 4) is 0 Å². The topological polar surface area (TPSA) is 67.2 Å². The van der Waals surface area contributed by atoms with Gasteiger partial charge in [0.25, 0.3) is 5.91 Å². The molecule has 0 aliphatic heterocycles. The molecule has 0 unspecified atom stereocenters. The van der Waals surface area contributed by atoms with Crippen molar-refractivity contribution in [2.75, 3.05) is 0 Å². The van der Waals surface area contributed by atoms with Crippen molar-refractivity contribution in [2.24, 2.45) is 5.10 Å². The highest BCUT2D eigenvalue weighted by Gasteiger charge is 2.04. The van der Waals surface area contributed by atoms with Crippen LogP contribution in [0.2, 0.25) is 0 Å². The molecule has 0 fully saturated rings. The van der Waals surface area contributed by atoms with E-state index in [0.717, 1.165) is 5.56 Å². The summed E-state index contributed by atoms with van der Waals surface area (Å²) in [6.45, 7) is 1.81. The van der Waals surface area contributed by atoms with Crippen molar-refractivity contribution in [3.63, 3.8) is 0 Å². The number of hydrazone groups is 1. The van der Waals surface area contributed by atoms with Crippen molar-refractivity contribution >= 4 is 11.6 Å². The van der Waals surface area contributed by atoms with Crippen LogP contribution in [0.1, 0.15) is 22.8 Å². The van der Waals surface area contributed by atoms with E-state index in [1.807, 2.05) is 12.1 Å². The van der Waals surface area contributed by atoms with Gasteiger partial charge in [-0.2, -0.15) is 5.10 Å². The Morgan fingerprint density at radius 2 is 1.72 bits per heavy atom. The van der Waals surface area contributed by atoms with Crippen LogP contribution in [0.3, 0.4) is 0 Å². The smallest absolute Gasteiger partial charge is 0.267 e. The zero-order chi connectivity index (χ0) is 12.8. The largest absolute Gasteiger partial charge is 0.272 e. The van der Waals surface area contributed by atoms with Gasteiger partial charge in [0.05, 0.1) is 11.3 Å². The van der Waals surface area contributed by atoms with E-state index in [2.05, 4.69) is 20.5 Å². The maximum atomic E-state index is 11.7. The maximum absolute atomic E-state index is 11.7. The van der Waals surface area contributed by atoms with Crippen molar-refractivity contribution in [1.29, 1.82) is 0 Å². The Morgan fingerprint density at radius 1 is 1.11 bits per heavy atom. The minimum atomic E-state index is -0.286. The number of carbonyl (C=O) groups excluding carboxylic acids is 1. The highest BCUT2D eigenvalue weighted by molar-refractivity contribution is 6.00. The zero-order valence-electron chi connectivity index (χ0n) is 9.87. The van der Waals surface area contributed by atoms with Crippen molar-refractivity contribution < 1.29 is 4.79 Å². The second kappa shape index (κ2) is 5.67. The summed E-state index contributed by atoms with van der Waals surface area (Å²) in [5, 5.41) is 4.02. The fourth-order valence-corrected chi connectivity index (χ4v) is 1.34. The van der Waals surface area contributed by atoms with Gasteiger partial charge in [0, 0.05) is 30.4 Å². The lowest BCUT2D eigenvalue weighted by Gasteiger charge is -2.02. The van der Waals surface area contributed by atoms with Crippen molar-refractivity contribution in [3.05, 3.63) is 60.2 Å². The minimum absolute atomic E-state index is 0.286. The lowest BCUT2D eigenvalue weighted by atomic mass is 10.2. The SMILES string of the molecule is C/C(=N/NC(=O)c1cccnc1)c1cccnc1. The van der Waals surface area contributed by atoms with E-state index >= 15 is 0 Å². The average Bonchev–Trinajstić information content (AvgIpc) is 2.46. The molecule has 0 aromatic carbocycles. The molecule has 2 aromatic rings. The van der Waals surface area contributed by atoms with Crippen molar-refractivity contribution in [1.82, 2.24) is 15.4 Å². The minimum Gasteiger partial charge on any atom is -0.267 e. The van der Waals surface area contributed by atoms with Crippen LogP contribution in [0.4, 0.5) is 0 Å². The molecule has 0 aliphatic carbocycles. The Kier molecular flexibility index (Phi) is 3.76. The highest BCUT2D eigenvalue weighted by Crippen LogP contribution is 1.99. The van der Waals surface area contributed by atoms with Gasteiger partial charge in [-0.25, -0.2) is 5.43 Å². The van der Waals surface area contributed by atoms with Crippen LogP contribution >= 0.6 is 0 Å². The van der Waals surface area contributed by atoms with E-state index in [1.54, 1.807) is 37.6 Å². The quantitative estimate of drug-likeness (QED) is 0.655. The Morgan fingerprint density at radius 3 is 2.28 bits per heavy atom. The van der Waals surface area contributed by atoms with Crippen LogP contribution in [-0.4, -0.2) is 21.6 Å². The zero-order valence-corrected chi connectivity index (χ0v) is 9.87. The van der Waals surface area contributed by atoms with E-state index in [-0.39, 0.29) is 5.91 Å². The Balaban J connectivity index is 2.05. The molecular weight excluding hydrogens is 228 g/mol. The van der Waals surface area contributed by atoms with Gasteiger partial charge >= 0.3 is 0 Å². The molecule has 18 heavy (non-hydrogen) atoms. The molecule has 1 N–H and O–H groups in total. The number of amides is 1. The summed E-state index contributed by atoms with van der Waals surface area (Å²) in [4.78, 5) is 19.6. The monoisotopic (exact) mass is 240 g/mol. The number of carbonyl (C=O) groups is 1. The van der Waals surface area contributed by atoms with Gasteiger partial charge in [0.15, 0.2) is 0 Å². The predicted octanol–water partition coefficient (Wildman–Crippen LogP) is 1.63. The van der Waals surface area contributed by atoms with Crippen LogP contribution in [0, 0.1) is 0 Å². The summed E-state index contributed by atoms with van der Waals surface area (Å²) in [6, 6.07) is 7.07. The number of nitrogens with zero attached hydrogens (tertiary/aromatic N) is 3. The second-order valence-corrected chi connectivity index (χ2v) is 3.62. The number of nitrogens with one attached hydrogen (secondary N) is 1. The van der Waals surface area contributed by atoms with E-state index < -0.39 is 0 Å². The normalized spacial score (nSPS) is 11.1. The number of rotatable bonds is 3. The summed E-state index contributed by atoms with van der Waals surface area (Å²) in [7, 11) is 0. The first kappa shape index (κ1) is 11.9. The average molecular weight is 240 g/mol. The fourth-order valence-electron chi connectivity index (χ4n) is 1.34. The first-order valence-electron chi connectivity index (χ1n) is 5.42. The first-order valence-corrected chi connectivity index (χ1v) is 5.42. The number of aromatic nitrogens is 2. The standard InChI is InChI=1S/C13H12N4O/c1-10(11-4-2-6-14-8-11)16-17-13(18)12-5-3-7-15-9-12/h2-9H,1H3,(H,17,18)/b16-10-. The third-order valence-corrected chi connectivity index (χ3v) is 2.33. The molecule has 0 saturated heterocycles. The van der Waals surface area contributed by atoms with Crippen LogP contribution < -0.4 is 5.43 Å². The van der Waals surface area contributed by atoms with Gasteiger partial charge in [-0.1, -0.05) is 6.07 Å². The highest BCUT2D eigenvalue weighted by atomic mass is 16.2. The Bertz CT molecular complexity index is 552. The first-order chi connectivity index (χ1) is 8.77. The van der Waals surface area contributed by atoms with Gasteiger partial charge < -0.3 is 0 Å². The molecule has 0 bridgehead atoms. The summed E-state index contributed by atoms with van der Waals surface area (Å²) in [6.07, 6.45) is 6.48. The van der Waals surface area contributed by atoms with E-state index in [9.17, 15) is 4.79 Å². The molecule has 5 heteroatoms. The molecule has 0 atom stereocenters. The fraction of sp³-hybridized carbons (Fsp3) is 0.0769. The molecule has 5 nitrogen and oxygen atoms in total. The lowest BCUT2D eigenvalue weighted by Crippen LogP contribution is -2.19. The summed E-state index contributed by atoms with van der Waals surface area (Å²) < 4.78 is 0. The Hall–Kier alpha value is -2.56. The number of hydrogen-bond acceptors (Lipinski definition) is 4. The van der Waals surface area contributed by atoms with Gasteiger partial charge in [0.1, 0.15) is 0 Å². The summed E-state index contributed by atoms with van der Waals surface area (Å²) in [5.74, 6) is -0.286. The molecule has 0 aliphatic rings. The van der Waals surface area contributed by atoms with Crippen LogP contribution in [-0.2, 0) is 0 Å². The molecule has 2 rings (SSSR count). The molecular formula is C13H12N4O. The predicted molar refractivity (Wildman–Crippen MR) is 68.2 cm³/mol. The van der Waals surface area contributed by atoms with Gasteiger partial charge in [-0.3, -0.25) is 14.8 Å². The second-order valence-electron chi connectivity index (χ2n) is 3.62. The third-order valence-electron chi connectivity index (χ3n) is 2.33. The molecule has 0 spiro atoms. The molecule has 0 saturated carbocycles. The molecule has 2 heterocycles. The van der Waals surface area contributed by atoms with Crippen molar-refractivity contribution in [2.45, 2.75) is 6.92 Å². The van der Waals surface area contributed by atoms with Gasteiger partial charge in [-0.05, 0) is 25.1 Å². The molecule has 0 radical (unpaired) electrons.